The van der Waals surface area contributed by atoms with Gasteiger partial charge in [-0.25, -0.2) is 4.79 Å². The molecule has 0 bridgehead atoms. The zero-order chi connectivity index (χ0) is 6.69. The summed E-state index contributed by atoms with van der Waals surface area (Å²) >= 11 is 0. The van der Waals surface area contributed by atoms with Crippen molar-refractivity contribution in [2.24, 2.45) is 0 Å². The van der Waals surface area contributed by atoms with Crippen LogP contribution in [-0.2, 0) is 14.3 Å². The van der Waals surface area contributed by atoms with Gasteiger partial charge in [-0.3, -0.25) is 0 Å². The van der Waals surface area contributed by atoms with Crippen LogP contribution in [0.4, 0.5) is 0 Å². The van der Waals surface area contributed by atoms with Gasteiger partial charge in [-0.15, -0.1) is 0 Å². The Hall–Kier alpha value is -0.830. The summed E-state index contributed by atoms with van der Waals surface area (Å²) in [7, 11) is 0. The number of carbonyl (C=O) groups excluding carboxylic acids is 1. The highest BCUT2D eigenvalue weighted by Crippen LogP contribution is 2.08. The average Bonchev–Trinajstić information content (AvgIpc) is 2.65. The molecule has 1 heterocycles. The van der Waals surface area contributed by atoms with Crippen LogP contribution in [0.3, 0.4) is 0 Å². The molecule has 58 valence electrons. The summed E-state index contributed by atoms with van der Waals surface area (Å²) in [5.41, 5.74) is 0. The quantitative estimate of drug-likeness (QED) is 0.333. The smallest absolute Gasteiger partial charge is 0.330 e. The molecule has 0 saturated carbocycles. The van der Waals surface area contributed by atoms with Crippen molar-refractivity contribution in [3.05, 3.63) is 12.7 Å². The fourth-order valence-electron chi connectivity index (χ4n) is 0.398. The van der Waals surface area contributed by atoms with E-state index in [9.17, 15) is 4.79 Å². The lowest BCUT2D eigenvalue weighted by Crippen LogP contribution is -2.06. The SMILES string of the molecule is C.C=CC(=O)OCC1CO1. The van der Waals surface area contributed by atoms with Crippen LogP contribution in [0.1, 0.15) is 7.43 Å². The minimum Gasteiger partial charge on any atom is -0.460 e. The molecule has 1 aliphatic heterocycles. The van der Waals surface area contributed by atoms with Crippen LogP contribution < -0.4 is 0 Å². The van der Waals surface area contributed by atoms with Gasteiger partial charge in [0.2, 0.25) is 0 Å². The van der Waals surface area contributed by atoms with Crippen molar-refractivity contribution in [2.75, 3.05) is 13.2 Å². The molecule has 0 spiro atoms. The average molecular weight is 144 g/mol. The predicted octanol–water partition coefficient (Wildman–Crippen LogP) is 0.751. The molecule has 3 heteroatoms. The zero-order valence-corrected chi connectivity index (χ0v) is 5.00. The number of esters is 1. The van der Waals surface area contributed by atoms with Gasteiger partial charge in [-0.2, -0.15) is 0 Å². The Balaban J connectivity index is 0.000000810. The number of ether oxygens (including phenoxy) is 2. The lowest BCUT2D eigenvalue weighted by molar-refractivity contribution is -0.138. The van der Waals surface area contributed by atoms with Gasteiger partial charge in [0.05, 0.1) is 6.61 Å². The van der Waals surface area contributed by atoms with E-state index in [-0.39, 0.29) is 19.5 Å². The molecule has 10 heavy (non-hydrogen) atoms. The van der Waals surface area contributed by atoms with Gasteiger partial charge in [0.25, 0.3) is 0 Å². The molecule has 0 aromatic carbocycles. The van der Waals surface area contributed by atoms with Crippen molar-refractivity contribution in [3.8, 4) is 0 Å². The molecule has 1 rings (SSSR count). The summed E-state index contributed by atoms with van der Waals surface area (Å²) in [5.74, 6) is -0.384. The number of hydrogen-bond donors (Lipinski definition) is 0. The first kappa shape index (κ1) is 9.17. The maximum Gasteiger partial charge on any atom is 0.330 e. The molecule has 0 N–H and O–H groups in total. The van der Waals surface area contributed by atoms with Gasteiger partial charge in [0.15, 0.2) is 0 Å². The maximum absolute atomic E-state index is 10.3. The van der Waals surface area contributed by atoms with Crippen LogP contribution in [0.5, 0.6) is 0 Å². The van der Waals surface area contributed by atoms with Crippen molar-refractivity contribution in [3.63, 3.8) is 0 Å². The normalized spacial score (nSPS) is 20.6. The molecular weight excluding hydrogens is 132 g/mol. The summed E-state index contributed by atoms with van der Waals surface area (Å²) in [6.45, 7) is 4.32. The van der Waals surface area contributed by atoms with E-state index in [1.54, 1.807) is 0 Å². The highest BCUT2D eigenvalue weighted by atomic mass is 16.6. The van der Waals surface area contributed by atoms with Crippen LogP contribution in [0.2, 0.25) is 0 Å². The molecule has 1 atom stereocenters. The summed E-state index contributed by atoms with van der Waals surface area (Å²) in [5, 5.41) is 0. The summed E-state index contributed by atoms with van der Waals surface area (Å²) in [6, 6.07) is 0. The Morgan fingerprint density at radius 2 is 2.50 bits per heavy atom. The Morgan fingerprint density at radius 3 is 2.90 bits per heavy atom. The van der Waals surface area contributed by atoms with Gasteiger partial charge in [0, 0.05) is 6.08 Å². The highest BCUT2D eigenvalue weighted by molar-refractivity contribution is 5.81. The summed E-state index contributed by atoms with van der Waals surface area (Å²) in [4.78, 5) is 10.3. The Bertz CT molecular complexity index is 127. The third kappa shape index (κ3) is 3.25. The van der Waals surface area contributed by atoms with Gasteiger partial charge >= 0.3 is 5.97 Å². The van der Waals surface area contributed by atoms with Gasteiger partial charge in [0.1, 0.15) is 12.7 Å². The van der Waals surface area contributed by atoms with Crippen LogP contribution >= 0.6 is 0 Å². The van der Waals surface area contributed by atoms with Crippen molar-refractivity contribution in [1.29, 1.82) is 0 Å². The topological polar surface area (TPSA) is 38.8 Å². The minimum atomic E-state index is -0.384. The molecule has 0 aromatic heterocycles. The van der Waals surface area contributed by atoms with Crippen molar-refractivity contribution >= 4 is 5.97 Å². The van der Waals surface area contributed by atoms with Crippen LogP contribution in [0.15, 0.2) is 12.7 Å². The number of carbonyl (C=O) groups is 1. The third-order valence-electron chi connectivity index (χ3n) is 0.981. The van der Waals surface area contributed by atoms with E-state index in [1.807, 2.05) is 0 Å². The molecule has 1 fully saturated rings. The van der Waals surface area contributed by atoms with E-state index >= 15 is 0 Å². The Morgan fingerprint density at radius 1 is 1.90 bits per heavy atom. The van der Waals surface area contributed by atoms with Gasteiger partial charge in [-0.1, -0.05) is 14.0 Å². The minimum absolute atomic E-state index is 0. The van der Waals surface area contributed by atoms with Crippen LogP contribution in [0.25, 0.3) is 0 Å². The second-order valence-electron chi connectivity index (χ2n) is 1.79. The van der Waals surface area contributed by atoms with E-state index in [2.05, 4.69) is 11.3 Å². The Kier molecular flexibility index (Phi) is 3.72. The number of hydrogen-bond acceptors (Lipinski definition) is 3. The fourth-order valence-corrected chi connectivity index (χ4v) is 0.398. The van der Waals surface area contributed by atoms with Gasteiger partial charge < -0.3 is 9.47 Å². The lowest BCUT2D eigenvalue weighted by atomic mass is 10.5. The molecule has 3 nitrogen and oxygen atoms in total. The standard InChI is InChI=1S/C6H8O3.CH4/c1-2-6(7)9-4-5-3-8-5;/h2,5H,1,3-4H2;1H4. The molecule has 1 unspecified atom stereocenters. The van der Waals surface area contributed by atoms with Crippen molar-refractivity contribution < 1.29 is 14.3 Å². The molecule has 0 radical (unpaired) electrons. The first-order valence-electron chi connectivity index (χ1n) is 2.73. The lowest BCUT2D eigenvalue weighted by Gasteiger charge is -1.94. The third-order valence-corrected chi connectivity index (χ3v) is 0.981. The highest BCUT2D eigenvalue weighted by Gasteiger charge is 2.23. The maximum atomic E-state index is 10.3. The van der Waals surface area contributed by atoms with E-state index < -0.39 is 0 Å². The monoisotopic (exact) mass is 144 g/mol. The number of rotatable bonds is 3. The predicted molar refractivity (Wildman–Crippen MR) is 37.6 cm³/mol. The van der Waals surface area contributed by atoms with Gasteiger partial charge in [-0.05, 0) is 0 Å². The molecule has 0 amide bonds. The first-order valence-corrected chi connectivity index (χ1v) is 2.73. The molecule has 1 aliphatic rings. The second-order valence-corrected chi connectivity index (χ2v) is 1.79. The van der Waals surface area contributed by atoms with Crippen molar-refractivity contribution in [1.82, 2.24) is 0 Å². The van der Waals surface area contributed by atoms with E-state index in [4.69, 9.17) is 4.74 Å². The fraction of sp³-hybridized carbons (Fsp3) is 0.571. The molecule has 0 aliphatic carbocycles. The molecule has 1 saturated heterocycles. The van der Waals surface area contributed by atoms with E-state index in [0.29, 0.717) is 13.2 Å². The van der Waals surface area contributed by atoms with Crippen molar-refractivity contribution in [2.45, 2.75) is 13.5 Å². The van der Waals surface area contributed by atoms with E-state index in [1.165, 1.54) is 0 Å². The van der Waals surface area contributed by atoms with Crippen LogP contribution in [-0.4, -0.2) is 25.3 Å². The molecular formula is C7H12O3. The second kappa shape index (κ2) is 4.06. The molecule has 0 aromatic rings. The number of epoxide rings is 1. The largest absolute Gasteiger partial charge is 0.460 e. The zero-order valence-electron chi connectivity index (χ0n) is 5.00. The van der Waals surface area contributed by atoms with Crippen LogP contribution in [0, 0.1) is 0 Å². The Labute approximate surface area is 60.6 Å². The first-order chi connectivity index (χ1) is 4.33. The summed E-state index contributed by atoms with van der Waals surface area (Å²) < 4.78 is 9.42. The summed E-state index contributed by atoms with van der Waals surface area (Å²) in [6.07, 6.45) is 1.29. The van der Waals surface area contributed by atoms with E-state index in [0.717, 1.165) is 6.08 Å².